The molecule has 1 amide bonds. The zero-order valence-corrected chi connectivity index (χ0v) is 35.7. The highest BCUT2D eigenvalue weighted by Gasteiger charge is 2.39. The van der Waals surface area contributed by atoms with Gasteiger partial charge in [0.1, 0.15) is 5.69 Å². The molecule has 6 rings (SSSR count). The summed E-state index contributed by atoms with van der Waals surface area (Å²) in [5.74, 6) is -0.136. The van der Waals surface area contributed by atoms with Crippen molar-refractivity contribution in [2.45, 2.75) is 129 Å². The van der Waals surface area contributed by atoms with Crippen LogP contribution in [0.5, 0.6) is 0 Å². The Hall–Kier alpha value is -4.47. The largest absolute Gasteiger partial charge is 0.392 e. The molecule has 1 fully saturated rings. The van der Waals surface area contributed by atoms with Crippen molar-refractivity contribution in [3.63, 3.8) is 0 Å². The molecule has 2 N–H and O–H groups in total. The van der Waals surface area contributed by atoms with Gasteiger partial charge < -0.3 is 24.8 Å². The van der Waals surface area contributed by atoms with Gasteiger partial charge in [-0.1, -0.05) is 158 Å². The number of hydrogen-bond donors (Lipinski definition) is 2. The molecule has 314 valence electrons. The van der Waals surface area contributed by atoms with Gasteiger partial charge in [-0.2, -0.15) is 0 Å². The quantitative estimate of drug-likeness (QED) is 0.0635. The average Bonchev–Trinajstić information content (AvgIpc) is 3.28. The molecule has 4 atom stereocenters. The molecule has 8 heteroatoms. The standard InChI is InChI=1S/C51H66N4O4/c1-4-6-8-10-12-16-30-55(31-17-13-11-9-7-5-2)36-48-38(3)49(41-28-26-39(37-56)27-29-41)59-51(58-48)44-23-19-22-43(33-44)42-21-18-20-40(32-42)34-53-50(57)47-35-52-45-24-14-15-25-46(45)54-47/h14-15,18-29,32-33,35,38,48-49,51,56H,4-13,16-17,30-31,34,36-37H2,1-3H3,(H,53,57). The Morgan fingerprint density at radius 2 is 1.34 bits per heavy atom. The first kappa shape index (κ1) is 44.1. The summed E-state index contributed by atoms with van der Waals surface area (Å²) in [6, 6.07) is 32.5. The third-order valence-corrected chi connectivity index (χ3v) is 11.8. The van der Waals surface area contributed by atoms with Gasteiger partial charge in [-0.25, -0.2) is 4.98 Å². The fourth-order valence-electron chi connectivity index (χ4n) is 8.17. The third-order valence-electron chi connectivity index (χ3n) is 11.8. The van der Waals surface area contributed by atoms with Gasteiger partial charge in [-0.05, 0) is 78.0 Å². The normalized spacial score (nSPS) is 18.1. The smallest absolute Gasteiger partial charge is 0.271 e. The monoisotopic (exact) mass is 799 g/mol. The van der Waals surface area contributed by atoms with E-state index in [1.807, 2.05) is 48.5 Å². The van der Waals surface area contributed by atoms with E-state index in [9.17, 15) is 9.90 Å². The lowest BCUT2D eigenvalue weighted by Crippen LogP contribution is -2.45. The number of benzene rings is 4. The Morgan fingerprint density at radius 1 is 0.695 bits per heavy atom. The molecular weight excluding hydrogens is 733 g/mol. The summed E-state index contributed by atoms with van der Waals surface area (Å²) in [7, 11) is 0. The Labute approximate surface area is 352 Å². The van der Waals surface area contributed by atoms with Crippen molar-refractivity contribution >= 4 is 16.9 Å². The van der Waals surface area contributed by atoms with Crippen molar-refractivity contribution in [2.75, 3.05) is 19.6 Å². The lowest BCUT2D eigenvalue weighted by molar-refractivity contribution is -0.276. The van der Waals surface area contributed by atoms with Gasteiger partial charge in [-0.3, -0.25) is 9.78 Å². The van der Waals surface area contributed by atoms with Crippen LogP contribution >= 0.6 is 0 Å². The van der Waals surface area contributed by atoms with Crippen LogP contribution in [0.15, 0.2) is 103 Å². The average molecular weight is 799 g/mol. The number of aliphatic hydroxyl groups is 1. The lowest BCUT2D eigenvalue weighted by atomic mass is 9.89. The molecule has 1 aromatic heterocycles. The second-order valence-corrected chi connectivity index (χ2v) is 16.4. The number of carbonyl (C=O) groups is 1. The zero-order valence-electron chi connectivity index (χ0n) is 35.7. The van der Waals surface area contributed by atoms with Gasteiger partial charge in [0.25, 0.3) is 5.91 Å². The minimum atomic E-state index is -0.547. The molecule has 2 heterocycles. The third kappa shape index (κ3) is 13.0. The molecule has 1 saturated heterocycles. The van der Waals surface area contributed by atoms with Crippen LogP contribution in [0, 0.1) is 5.92 Å². The number of rotatable bonds is 23. The van der Waals surface area contributed by atoms with E-state index in [-0.39, 0.29) is 30.6 Å². The van der Waals surface area contributed by atoms with E-state index in [4.69, 9.17) is 9.47 Å². The summed E-state index contributed by atoms with van der Waals surface area (Å²) in [5.41, 5.74) is 7.80. The molecule has 5 aromatic rings. The van der Waals surface area contributed by atoms with Crippen molar-refractivity contribution in [1.82, 2.24) is 20.2 Å². The molecular formula is C51H66N4O4. The lowest BCUT2D eigenvalue weighted by Gasteiger charge is -2.43. The number of aliphatic hydroxyl groups excluding tert-OH is 1. The molecule has 0 aliphatic carbocycles. The summed E-state index contributed by atoms with van der Waals surface area (Å²) in [6.45, 7) is 10.3. The van der Waals surface area contributed by atoms with Crippen LogP contribution in [-0.2, 0) is 22.6 Å². The summed E-state index contributed by atoms with van der Waals surface area (Å²) >= 11 is 0. The number of fused-ring (bicyclic) bond motifs is 1. The first-order valence-electron chi connectivity index (χ1n) is 22.4. The van der Waals surface area contributed by atoms with Crippen LogP contribution in [0.4, 0.5) is 0 Å². The van der Waals surface area contributed by atoms with Gasteiger partial charge in [0, 0.05) is 24.6 Å². The first-order chi connectivity index (χ1) is 28.9. The second kappa shape index (κ2) is 23.4. The molecule has 0 radical (unpaired) electrons. The highest BCUT2D eigenvalue weighted by Crippen LogP contribution is 2.42. The number of nitrogens with zero attached hydrogens (tertiary/aromatic N) is 3. The number of para-hydroxylation sites is 2. The molecule has 4 unspecified atom stereocenters. The molecule has 0 saturated carbocycles. The van der Waals surface area contributed by atoms with E-state index in [1.165, 1.54) is 83.2 Å². The fraction of sp³-hybridized carbons (Fsp3) is 0.471. The summed E-state index contributed by atoms with van der Waals surface area (Å²) in [5, 5.41) is 12.8. The van der Waals surface area contributed by atoms with Crippen molar-refractivity contribution in [3.05, 3.63) is 131 Å². The number of nitrogens with one attached hydrogen (secondary N) is 1. The van der Waals surface area contributed by atoms with E-state index < -0.39 is 6.29 Å². The first-order valence-corrected chi connectivity index (χ1v) is 22.4. The van der Waals surface area contributed by atoms with Gasteiger partial charge in [0.2, 0.25) is 0 Å². The number of unbranched alkanes of at least 4 members (excludes halogenated alkanes) is 10. The van der Waals surface area contributed by atoms with Gasteiger partial charge in [-0.15, -0.1) is 0 Å². The summed E-state index contributed by atoms with van der Waals surface area (Å²) in [4.78, 5) is 24.6. The van der Waals surface area contributed by atoms with Crippen LogP contribution in [0.1, 0.15) is 143 Å². The fourth-order valence-corrected chi connectivity index (χ4v) is 8.17. The number of hydrogen-bond acceptors (Lipinski definition) is 7. The zero-order chi connectivity index (χ0) is 41.2. The molecule has 0 spiro atoms. The van der Waals surface area contributed by atoms with Crippen LogP contribution in [0.25, 0.3) is 22.2 Å². The second-order valence-electron chi connectivity index (χ2n) is 16.4. The Morgan fingerprint density at radius 3 is 2.03 bits per heavy atom. The topological polar surface area (TPSA) is 96.8 Å². The van der Waals surface area contributed by atoms with Crippen molar-refractivity contribution in [3.8, 4) is 11.1 Å². The Balaban J connectivity index is 1.18. The van der Waals surface area contributed by atoms with Gasteiger partial charge >= 0.3 is 0 Å². The highest BCUT2D eigenvalue weighted by molar-refractivity contribution is 5.93. The maximum Gasteiger partial charge on any atom is 0.271 e. The molecule has 1 aliphatic rings. The van der Waals surface area contributed by atoms with Gasteiger partial charge in [0.15, 0.2) is 6.29 Å². The van der Waals surface area contributed by atoms with Crippen molar-refractivity contribution in [2.24, 2.45) is 5.92 Å². The van der Waals surface area contributed by atoms with Gasteiger partial charge in [0.05, 0.1) is 36.0 Å². The van der Waals surface area contributed by atoms with Crippen LogP contribution in [-0.4, -0.2) is 51.6 Å². The van der Waals surface area contributed by atoms with E-state index in [2.05, 4.69) is 89.5 Å². The Kier molecular flexibility index (Phi) is 17.5. The van der Waals surface area contributed by atoms with Crippen LogP contribution in [0.3, 0.4) is 0 Å². The van der Waals surface area contributed by atoms with E-state index in [0.717, 1.165) is 58.5 Å². The van der Waals surface area contributed by atoms with Crippen molar-refractivity contribution in [1.29, 1.82) is 0 Å². The summed E-state index contributed by atoms with van der Waals surface area (Å²) < 4.78 is 13.9. The van der Waals surface area contributed by atoms with Crippen molar-refractivity contribution < 1.29 is 19.4 Å². The highest BCUT2D eigenvalue weighted by atomic mass is 16.7. The minimum Gasteiger partial charge on any atom is -0.392 e. The van der Waals surface area contributed by atoms with Crippen LogP contribution in [0.2, 0.25) is 0 Å². The SMILES string of the molecule is CCCCCCCCN(CCCCCCCC)CC1OC(c2cccc(-c3cccc(CNC(=O)c4cnc5ccccc5n4)c3)c2)OC(c2ccc(CO)cc2)C1C. The van der Waals surface area contributed by atoms with E-state index in [0.29, 0.717) is 17.8 Å². The summed E-state index contributed by atoms with van der Waals surface area (Å²) in [6.07, 6.45) is 16.2. The maximum absolute atomic E-state index is 13.1. The van der Waals surface area contributed by atoms with E-state index in [1.54, 1.807) is 0 Å². The number of ether oxygens (including phenoxy) is 2. The number of amides is 1. The number of aromatic nitrogens is 2. The Bertz CT molecular complexity index is 2000. The minimum absolute atomic E-state index is 0.0149. The van der Waals surface area contributed by atoms with E-state index >= 15 is 0 Å². The molecule has 4 aromatic carbocycles. The predicted octanol–water partition coefficient (Wildman–Crippen LogP) is 11.5. The molecule has 59 heavy (non-hydrogen) atoms. The predicted molar refractivity (Wildman–Crippen MR) is 239 cm³/mol. The maximum atomic E-state index is 13.1. The van der Waals surface area contributed by atoms with Crippen LogP contribution < -0.4 is 5.32 Å². The molecule has 1 aliphatic heterocycles. The molecule has 8 nitrogen and oxygen atoms in total. The molecule has 0 bridgehead atoms. The number of carbonyl (C=O) groups excluding carboxylic acids is 1.